The lowest BCUT2D eigenvalue weighted by Gasteiger charge is -2.24. The van der Waals surface area contributed by atoms with Gasteiger partial charge in [-0.15, -0.1) is 0 Å². The molecule has 1 unspecified atom stereocenters. The Hall–Kier alpha value is -3.28. The summed E-state index contributed by atoms with van der Waals surface area (Å²) in [5, 5.41) is 6.61. The van der Waals surface area contributed by atoms with E-state index in [9.17, 15) is 4.79 Å². The molecule has 0 spiro atoms. The first-order valence-corrected chi connectivity index (χ1v) is 8.03. The smallest absolute Gasteiger partial charge is 0.231 e. The molecule has 2 aromatic carbocycles. The molecule has 1 aliphatic rings. The maximum Gasteiger partial charge on any atom is 0.231 e. The molecule has 1 amide bonds. The second-order valence-electron chi connectivity index (χ2n) is 5.99. The monoisotopic (exact) mass is 335 g/mol. The number of fused-ring (bicyclic) bond motifs is 1. The molecule has 2 heterocycles. The Morgan fingerprint density at radius 3 is 2.72 bits per heavy atom. The van der Waals surface area contributed by atoms with Gasteiger partial charge in [-0.2, -0.15) is 0 Å². The van der Waals surface area contributed by atoms with E-state index in [0.717, 1.165) is 28.1 Å². The molecule has 6 heteroatoms. The third-order valence-electron chi connectivity index (χ3n) is 4.31. The van der Waals surface area contributed by atoms with Gasteiger partial charge in [-0.1, -0.05) is 35.5 Å². The van der Waals surface area contributed by atoms with Crippen molar-refractivity contribution in [1.29, 1.82) is 0 Å². The number of nitrogens with zero attached hydrogens (tertiary/aromatic N) is 1. The first-order chi connectivity index (χ1) is 12.2. The number of benzene rings is 2. The summed E-state index contributed by atoms with van der Waals surface area (Å²) in [6.45, 7) is 0.387. The van der Waals surface area contributed by atoms with Crippen molar-refractivity contribution in [3.8, 4) is 16.9 Å². The highest BCUT2D eigenvalue weighted by Crippen LogP contribution is 2.29. The maximum atomic E-state index is 12.5. The Morgan fingerprint density at radius 2 is 1.96 bits per heavy atom. The number of hydrogen-bond acceptors (Lipinski definition) is 5. The summed E-state index contributed by atoms with van der Waals surface area (Å²) in [5.74, 6) is 0.882. The van der Waals surface area contributed by atoms with Gasteiger partial charge in [-0.3, -0.25) is 4.79 Å². The van der Waals surface area contributed by atoms with Gasteiger partial charge in [0.25, 0.3) is 0 Å². The fraction of sp³-hybridized carbons (Fsp3) is 0.158. The largest absolute Gasteiger partial charge is 0.492 e. The zero-order valence-corrected chi connectivity index (χ0v) is 13.4. The number of nitrogens with two attached hydrogens (primary N) is 1. The molecule has 0 saturated carbocycles. The molecule has 3 N–H and O–H groups in total. The highest BCUT2D eigenvalue weighted by Gasteiger charge is 2.25. The number of hydrogen-bond donors (Lipinski definition) is 2. The third-order valence-corrected chi connectivity index (χ3v) is 4.31. The normalized spacial score (nSPS) is 15.9. The molecule has 0 saturated heterocycles. The fourth-order valence-electron chi connectivity index (χ4n) is 2.94. The van der Waals surface area contributed by atoms with Crippen LogP contribution >= 0.6 is 0 Å². The van der Waals surface area contributed by atoms with E-state index in [1.807, 2.05) is 48.5 Å². The lowest BCUT2D eigenvalue weighted by Crippen LogP contribution is -2.32. The number of aromatic nitrogens is 1. The second-order valence-corrected chi connectivity index (χ2v) is 5.99. The minimum absolute atomic E-state index is 0.0493. The van der Waals surface area contributed by atoms with Crippen molar-refractivity contribution in [2.24, 2.45) is 5.92 Å². The van der Waals surface area contributed by atoms with Gasteiger partial charge in [-0.05, 0) is 35.7 Å². The predicted molar refractivity (Wildman–Crippen MR) is 94.1 cm³/mol. The second kappa shape index (κ2) is 6.32. The lowest BCUT2D eigenvalue weighted by molar-refractivity contribution is -0.121. The Labute approximate surface area is 144 Å². The van der Waals surface area contributed by atoms with Gasteiger partial charge in [0.2, 0.25) is 11.8 Å². The van der Waals surface area contributed by atoms with Crippen molar-refractivity contribution in [3.63, 3.8) is 0 Å². The molecule has 6 nitrogen and oxygen atoms in total. The van der Waals surface area contributed by atoms with Gasteiger partial charge in [0, 0.05) is 5.69 Å². The summed E-state index contributed by atoms with van der Waals surface area (Å²) in [7, 11) is 0. The standard InChI is InChI=1S/C19H17N3O3/c20-18-16(10-21-25-18)12-5-7-15(8-6-12)22-19(23)14-9-13-3-1-2-4-17(13)24-11-14/h1-8,10,14H,9,11,20H2,(H,22,23). The highest BCUT2D eigenvalue weighted by molar-refractivity contribution is 5.93. The average Bonchev–Trinajstić information content (AvgIpc) is 3.08. The zero-order chi connectivity index (χ0) is 17.2. The van der Waals surface area contributed by atoms with Crippen LogP contribution in [0, 0.1) is 5.92 Å². The van der Waals surface area contributed by atoms with Crippen molar-refractivity contribution in [1.82, 2.24) is 5.16 Å². The van der Waals surface area contributed by atoms with Crippen molar-refractivity contribution in [2.45, 2.75) is 6.42 Å². The molecule has 0 radical (unpaired) electrons. The SMILES string of the molecule is Nc1oncc1-c1ccc(NC(=O)C2COc3ccccc3C2)cc1. The quantitative estimate of drug-likeness (QED) is 0.767. The van der Waals surface area contributed by atoms with E-state index in [4.69, 9.17) is 15.0 Å². The van der Waals surface area contributed by atoms with Crippen LogP contribution in [0.2, 0.25) is 0 Å². The molecular weight excluding hydrogens is 318 g/mol. The van der Waals surface area contributed by atoms with Gasteiger partial charge >= 0.3 is 0 Å². The van der Waals surface area contributed by atoms with Crippen molar-refractivity contribution >= 4 is 17.5 Å². The van der Waals surface area contributed by atoms with E-state index < -0.39 is 0 Å². The number of carbonyl (C=O) groups excluding carboxylic acids is 1. The van der Waals surface area contributed by atoms with E-state index >= 15 is 0 Å². The third kappa shape index (κ3) is 3.06. The zero-order valence-electron chi connectivity index (χ0n) is 13.4. The number of carbonyl (C=O) groups is 1. The first kappa shape index (κ1) is 15.3. The Kier molecular flexibility index (Phi) is 3.85. The minimum atomic E-state index is -0.205. The molecule has 25 heavy (non-hydrogen) atoms. The highest BCUT2D eigenvalue weighted by atomic mass is 16.5. The number of ether oxygens (including phenoxy) is 1. The number of anilines is 2. The van der Waals surface area contributed by atoms with Crippen molar-refractivity contribution in [3.05, 3.63) is 60.3 Å². The molecule has 126 valence electrons. The van der Waals surface area contributed by atoms with E-state index in [1.165, 1.54) is 0 Å². The number of nitrogen functional groups attached to an aromatic ring is 1. The predicted octanol–water partition coefficient (Wildman–Crippen LogP) is 3.11. The van der Waals surface area contributed by atoms with Crippen LogP contribution < -0.4 is 15.8 Å². The van der Waals surface area contributed by atoms with Gasteiger partial charge in [0.05, 0.1) is 17.7 Å². The van der Waals surface area contributed by atoms with E-state index in [0.29, 0.717) is 13.0 Å². The summed E-state index contributed by atoms with van der Waals surface area (Å²) in [4.78, 5) is 12.5. The first-order valence-electron chi connectivity index (χ1n) is 8.03. The molecule has 1 aromatic heterocycles. The van der Waals surface area contributed by atoms with Crippen LogP contribution in [-0.4, -0.2) is 17.7 Å². The van der Waals surface area contributed by atoms with Gasteiger partial charge < -0.3 is 20.3 Å². The number of nitrogens with one attached hydrogen (secondary N) is 1. The number of para-hydroxylation sites is 1. The lowest BCUT2D eigenvalue weighted by atomic mass is 9.96. The number of amides is 1. The Bertz CT molecular complexity index is 902. The summed E-state index contributed by atoms with van der Waals surface area (Å²) in [6, 6.07) is 15.2. The summed E-state index contributed by atoms with van der Waals surface area (Å²) >= 11 is 0. The Balaban J connectivity index is 1.44. The molecule has 0 fully saturated rings. The van der Waals surface area contributed by atoms with Crippen LogP contribution in [0.25, 0.3) is 11.1 Å². The summed E-state index contributed by atoms with van der Waals surface area (Å²) in [5.41, 5.74) is 9.11. The average molecular weight is 335 g/mol. The van der Waals surface area contributed by atoms with E-state index in [-0.39, 0.29) is 17.7 Å². The molecular formula is C19H17N3O3. The number of rotatable bonds is 3. The molecule has 1 atom stereocenters. The van der Waals surface area contributed by atoms with Crippen LogP contribution in [0.1, 0.15) is 5.56 Å². The van der Waals surface area contributed by atoms with Crippen LogP contribution in [0.15, 0.2) is 59.3 Å². The molecule has 1 aliphatic heterocycles. The van der Waals surface area contributed by atoms with Crippen LogP contribution in [0.4, 0.5) is 11.6 Å². The van der Waals surface area contributed by atoms with Crippen molar-refractivity contribution < 1.29 is 14.1 Å². The maximum absolute atomic E-state index is 12.5. The topological polar surface area (TPSA) is 90.4 Å². The van der Waals surface area contributed by atoms with Gasteiger partial charge in [0.1, 0.15) is 12.4 Å². The molecule has 4 rings (SSSR count). The molecule has 3 aromatic rings. The van der Waals surface area contributed by atoms with Crippen LogP contribution in [0.3, 0.4) is 0 Å². The van der Waals surface area contributed by atoms with E-state index in [1.54, 1.807) is 6.20 Å². The summed E-state index contributed by atoms with van der Waals surface area (Å²) in [6.07, 6.45) is 2.25. The fourth-order valence-corrected chi connectivity index (χ4v) is 2.94. The molecule has 0 aliphatic carbocycles. The van der Waals surface area contributed by atoms with Crippen molar-refractivity contribution in [2.75, 3.05) is 17.7 Å². The minimum Gasteiger partial charge on any atom is -0.492 e. The van der Waals surface area contributed by atoms with E-state index in [2.05, 4.69) is 10.5 Å². The van der Waals surface area contributed by atoms with Crippen LogP contribution in [0.5, 0.6) is 5.75 Å². The van der Waals surface area contributed by atoms with Crippen LogP contribution in [-0.2, 0) is 11.2 Å². The van der Waals surface area contributed by atoms with Gasteiger partial charge in [-0.25, -0.2) is 0 Å². The molecule has 0 bridgehead atoms. The van der Waals surface area contributed by atoms with Gasteiger partial charge in [0.15, 0.2) is 0 Å². The summed E-state index contributed by atoms with van der Waals surface area (Å²) < 4.78 is 10.5. The Morgan fingerprint density at radius 1 is 1.16 bits per heavy atom.